The fourth-order valence-corrected chi connectivity index (χ4v) is 4.52. The zero-order chi connectivity index (χ0) is 19.7. The minimum Gasteiger partial charge on any atom is -0.508 e. The molecule has 4 heteroatoms. The molecule has 3 rings (SSSR count). The van der Waals surface area contributed by atoms with Crippen LogP contribution in [-0.4, -0.2) is 34.1 Å². The second-order valence-electron chi connectivity index (χ2n) is 8.42. The van der Waals surface area contributed by atoms with E-state index >= 15 is 0 Å². The smallest absolute Gasteiger partial charge is 0.219 e. The van der Waals surface area contributed by atoms with Gasteiger partial charge in [-0.15, -0.1) is 0 Å². The molecule has 27 heavy (non-hydrogen) atoms. The van der Waals surface area contributed by atoms with Crippen molar-refractivity contribution in [3.05, 3.63) is 58.6 Å². The van der Waals surface area contributed by atoms with Crippen LogP contribution >= 0.6 is 0 Å². The maximum absolute atomic E-state index is 11.4. The van der Waals surface area contributed by atoms with Gasteiger partial charge in [0.05, 0.1) is 0 Å². The topological polar surface area (TPSA) is 60.8 Å². The van der Waals surface area contributed by atoms with Gasteiger partial charge in [0.1, 0.15) is 11.5 Å². The van der Waals surface area contributed by atoms with Gasteiger partial charge in [0.2, 0.25) is 5.91 Å². The third-order valence-corrected chi connectivity index (χ3v) is 6.12. The van der Waals surface area contributed by atoms with Crippen molar-refractivity contribution in [2.75, 3.05) is 13.1 Å². The van der Waals surface area contributed by atoms with Crippen molar-refractivity contribution in [1.29, 1.82) is 0 Å². The van der Waals surface area contributed by atoms with Gasteiger partial charge in [0.25, 0.3) is 0 Å². The number of rotatable bonds is 4. The molecule has 2 aliphatic carbocycles. The summed E-state index contributed by atoms with van der Waals surface area (Å²) in [5, 5.41) is 21.5. The number of likely N-dealkylation sites (tertiary alicyclic amines) is 1. The number of carbonyl (C=O) groups is 1. The van der Waals surface area contributed by atoms with E-state index in [0.717, 1.165) is 43.5 Å². The Hall–Kier alpha value is -2.23. The number of aliphatic hydroxyl groups is 2. The molecule has 2 N–H and O–H groups in total. The Bertz CT molecular complexity index is 762. The normalized spacial score (nSPS) is 26.6. The Labute approximate surface area is 162 Å². The van der Waals surface area contributed by atoms with Gasteiger partial charge in [-0.2, -0.15) is 0 Å². The average Bonchev–Trinajstić information content (AvgIpc) is 2.67. The largest absolute Gasteiger partial charge is 0.508 e. The van der Waals surface area contributed by atoms with Crippen LogP contribution in [0.1, 0.15) is 46.5 Å². The van der Waals surface area contributed by atoms with Crippen LogP contribution in [0.2, 0.25) is 0 Å². The molecule has 1 aliphatic heterocycles. The second kappa shape index (κ2) is 7.79. The molecule has 0 aromatic heterocycles. The summed E-state index contributed by atoms with van der Waals surface area (Å²) in [6, 6.07) is 0. The highest BCUT2D eigenvalue weighted by atomic mass is 16.3. The van der Waals surface area contributed by atoms with E-state index in [0.29, 0.717) is 17.9 Å². The quantitative estimate of drug-likeness (QED) is 0.687. The highest BCUT2D eigenvalue weighted by molar-refractivity contribution is 5.74. The molecule has 4 nitrogen and oxygen atoms in total. The third kappa shape index (κ3) is 4.20. The standard InChI is InChI=1S/C23H31NO3/c1-14(2)19-7-5-15(3)9-20(19)23-21(26)8-6-17(11-22(23)27)10-18-12-24(13-18)16(4)25/h8-9,11,18-20,26-27H,1,5-7,10,12-13H2,2-4H3. The highest BCUT2D eigenvalue weighted by Crippen LogP contribution is 2.41. The van der Waals surface area contributed by atoms with E-state index in [9.17, 15) is 15.0 Å². The number of hydrogen-bond acceptors (Lipinski definition) is 3. The lowest BCUT2D eigenvalue weighted by atomic mass is 9.73. The fourth-order valence-electron chi connectivity index (χ4n) is 4.52. The summed E-state index contributed by atoms with van der Waals surface area (Å²) in [7, 11) is 0. The van der Waals surface area contributed by atoms with Gasteiger partial charge in [0.15, 0.2) is 0 Å². The van der Waals surface area contributed by atoms with E-state index in [1.807, 2.05) is 24.0 Å². The Kier molecular flexibility index (Phi) is 5.64. The Morgan fingerprint density at radius 2 is 2.00 bits per heavy atom. The third-order valence-electron chi connectivity index (χ3n) is 6.12. The number of aliphatic hydroxyl groups excluding tert-OH is 2. The maximum Gasteiger partial charge on any atom is 0.219 e. The van der Waals surface area contributed by atoms with Crippen LogP contribution in [0.25, 0.3) is 0 Å². The monoisotopic (exact) mass is 369 g/mol. The molecule has 2 atom stereocenters. The molecule has 0 radical (unpaired) electrons. The zero-order valence-electron chi connectivity index (χ0n) is 16.7. The van der Waals surface area contributed by atoms with E-state index < -0.39 is 0 Å². The lowest BCUT2D eigenvalue weighted by Gasteiger charge is -2.39. The molecule has 1 fully saturated rings. The molecule has 0 bridgehead atoms. The van der Waals surface area contributed by atoms with Crippen LogP contribution in [0.3, 0.4) is 0 Å². The van der Waals surface area contributed by atoms with Crippen molar-refractivity contribution < 1.29 is 15.0 Å². The number of carbonyl (C=O) groups excluding carboxylic acids is 1. The first-order valence-electron chi connectivity index (χ1n) is 9.86. The molecule has 0 aromatic carbocycles. The van der Waals surface area contributed by atoms with Gasteiger partial charge in [0, 0.05) is 31.5 Å². The summed E-state index contributed by atoms with van der Waals surface area (Å²) in [6.45, 7) is 11.4. The van der Waals surface area contributed by atoms with Crippen LogP contribution in [0.15, 0.2) is 58.6 Å². The van der Waals surface area contributed by atoms with E-state index in [2.05, 4.69) is 19.6 Å². The van der Waals surface area contributed by atoms with E-state index in [4.69, 9.17) is 0 Å². The second-order valence-corrected chi connectivity index (χ2v) is 8.42. The lowest BCUT2D eigenvalue weighted by Crippen LogP contribution is -2.49. The predicted molar refractivity (Wildman–Crippen MR) is 108 cm³/mol. The molecule has 146 valence electrons. The molecule has 3 aliphatic rings. The minimum absolute atomic E-state index is 0.0417. The van der Waals surface area contributed by atoms with Crippen molar-refractivity contribution in [3.63, 3.8) is 0 Å². The van der Waals surface area contributed by atoms with E-state index in [-0.39, 0.29) is 29.3 Å². The van der Waals surface area contributed by atoms with E-state index in [1.54, 1.807) is 6.92 Å². The van der Waals surface area contributed by atoms with Gasteiger partial charge < -0.3 is 15.1 Å². The van der Waals surface area contributed by atoms with E-state index in [1.165, 1.54) is 5.57 Å². The highest BCUT2D eigenvalue weighted by Gasteiger charge is 2.33. The first kappa shape index (κ1) is 19.5. The molecule has 0 aromatic rings. The molecular weight excluding hydrogens is 338 g/mol. The van der Waals surface area contributed by atoms with Gasteiger partial charge in [-0.25, -0.2) is 0 Å². The first-order valence-corrected chi connectivity index (χ1v) is 9.86. The molecular formula is C23H31NO3. The minimum atomic E-state index is -0.0417. The Balaban J connectivity index is 1.84. The van der Waals surface area contributed by atoms with Crippen LogP contribution in [0.5, 0.6) is 0 Å². The number of allylic oxidation sites excluding steroid dienone is 7. The summed E-state index contributed by atoms with van der Waals surface area (Å²) in [4.78, 5) is 13.2. The van der Waals surface area contributed by atoms with Gasteiger partial charge >= 0.3 is 0 Å². The summed E-state index contributed by atoms with van der Waals surface area (Å²) in [5.41, 5.74) is 4.10. The zero-order valence-corrected chi connectivity index (χ0v) is 16.7. The maximum atomic E-state index is 11.4. The molecule has 1 saturated heterocycles. The number of amides is 1. The van der Waals surface area contributed by atoms with Crippen molar-refractivity contribution in [2.45, 2.75) is 46.5 Å². The predicted octanol–water partition coefficient (Wildman–Crippen LogP) is 4.99. The summed E-state index contributed by atoms with van der Waals surface area (Å²) >= 11 is 0. The number of nitrogens with zero attached hydrogens (tertiary/aromatic N) is 1. The molecule has 2 unspecified atom stereocenters. The Morgan fingerprint density at radius 3 is 2.63 bits per heavy atom. The summed E-state index contributed by atoms with van der Waals surface area (Å²) in [6.07, 6.45) is 9.32. The molecule has 0 spiro atoms. The Morgan fingerprint density at radius 1 is 1.30 bits per heavy atom. The fraction of sp³-hybridized carbons (Fsp3) is 0.522. The van der Waals surface area contributed by atoms with Crippen LogP contribution in [0.4, 0.5) is 0 Å². The van der Waals surface area contributed by atoms with Gasteiger partial charge in [-0.05, 0) is 63.5 Å². The van der Waals surface area contributed by atoms with Crippen molar-refractivity contribution in [3.8, 4) is 0 Å². The van der Waals surface area contributed by atoms with Crippen LogP contribution in [-0.2, 0) is 4.79 Å². The lowest BCUT2D eigenvalue weighted by molar-refractivity contribution is -0.134. The summed E-state index contributed by atoms with van der Waals surface area (Å²) in [5.74, 6) is 1.09. The first-order chi connectivity index (χ1) is 12.8. The van der Waals surface area contributed by atoms with Crippen molar-refractivity contribution in [2.24, 2.45) is 17.8 Å². The van der Waals surface area contributed by atoms with Crippen molar-refractivity contribution in [1.82, 2.24) is 4.90 Å². The average molecular weight is 370 g/mol. The van der Waals surface area contributed by atoms with Crippen LogP contribution < -0.4 is 0 Å². The van der Waals surface area contributed by atoms with Crippen LogP contribution in [0, 0.1) is 17.8 Å². The van der Waals surface area contributed by atoms with Gasteiger partial charge in [-0.3, -0.25) is 4.79 Å². The molecule has 0 saturated carbocycles. The SMILES string of the molecule is C=C(C)C1CCC(C)=CC1C1=C(O)C=C(CC2CN(C(C)=O)C2)CC=C1O. The molecule has 1 amide bonds. The molecule has 1 heterocycles. The summed E-state index contributed by atoms with van der Waals surface area (Å²) < 4.78 is 0. The van der Waals surface area contributed by atoms with Crippen molar-refractivity contribution >= 4 is 5.91 Å². The number of hydrogen-bond donors (Lipinski definition) is 2. The van der Waals surface area contributed by atoms with Gasteiger partial charge in [-0.1, -0.05) is 29.4 Å².